The van der Waals surface area contributed by atoms with Crippen molar-refractivity contribution < 1.29 is 13.2 Å². The lowest BCUT2D eigenvalue weighted by Gasteiger charge is -2.18. The summed E-state index contributed by atoms with van der Waals surface area (Å²) in [7, 11) is -3.55. The molecule has 1 aromatic heterocycles. The van der Waals surface area contributed by atoms with Gasteiger partial charge in [-0.25, -0.2) is 13.4 Å². The molecule has 0 bridgehead atoms. The van der Waals surface area contributed by atoms with E-state index in [9.17, 15) is 18.0 Å². The molecule has 1 amide bonds. The van der Waals surface area contributed by atoms with E-state index in [2.05, 4.69) is 10.3 Å². The number of aromatic nitrogens is 2. The topological polar surface area (TPSA) is 101 Å². The smallest absolute Gasteiger partial charge is 0.262 e. The molecule has 0 aliphatic heterocycles. The van der Waals surface area contributed by atoms with E-state index in [1.807, 2.05) is 13.0 Å². The zero-order valence-electron chi connectivity index (χ0n) is 18.9. The van der Waals surface area contributed by atoms with Crippen molar-refractivity contribution in [3.8, 4) is 0 Å². The van der Waals surface area contributed by atoms with Crippen LogP contribution >= 0.6 is 11.8 Å². The van der Waals surface area contributed by atoms with E-state index in [4.69, 9.17) is 0 Å². The van der Waals surface area contributed by atoms with Gasteiger partial charge in [0, 0.05) is 25.3 Å². The molecule has 0 radical (unpaired) electrons. The fourth-order valence-electron chi connectivity index (χ4n) is 3.43. The largest absolute Gasteiger partial charge is 0.325 e. The van der Waals surface area contributed by atoms with E-state index >= 15 is 0 Å². The molecule has 0 aliphatic carbocycles. The first-order valence-electron chi connectivity index (χ1n) is 10.8. The summed E-state index contributed by atoms with van der Waals surface area (Å²) < 4.78 is 28.2. The number of nitrogens with one attached hydrogen (secondary N) is 1. The molecular weight excluding hydrogens is 460 g/mol. The summed E-state index contributed by atoms with van der Waals surface area (Å²) in [6.45, 7) is 6.85. The standard InChI is InChI=1S/C23H28N4O4S2/c1-4-15-27-22(29)19-9-7-8-10-20(19)25-23(27)32-16-21(28)24-17-11-13-18(14-12-17)33(30,31)26(5-2)6-3/h7-14H,4-6,15-16H2,1-3H3,(H,24,28). The summed E-state index contributed by atoms with van der Waals surface area (Å²) in [5.41, 5.74) is 0.981. The summed E-state index contributed by atoms with van der Waals surface area (Å²) in [6.07, 6.45) is 0.766. The molecule has 1 heterocycles. The van der Waals surface area contributed by atoms with Crippen LogP contribution < -0.4 is 10.9 Å². The predicted octanol–water partition coefficient (Wildman–Crippen LogP) is 3.57. The Morgan fingerprint density at radius 3 is 2.36 bits per heavy atom. The van der Waals surface area contributed by atoms with E-state index < -0.39 is 10.0 Å². The van der Waals surface area contributed by atoms with Crippen LogP contribution in [0.25, 0.3) is 10.9 Å². The second-order valence-corrected chi connectivity index (χ2v) is 10.2. The third-order valence-corrected chi connectivity index (χ3v) is 8.13. The van der Waals surface area contributed by atoms with Crippen molar-refractivity contribution in [2.75, 3.05) is 24.2 Å². The molecule has 0 atom stereocenters. The van der Waals surface area contributed by atoms with Gasteiger partial charge in [0.25, 0.3) is 5.56 Å². The summed E-state index contributed by atoms with van der Waals surface area (Å²) in [5.74, 6) is -0.210. The van der Waals surface area contributed by atoms with Crippen LogP contribution in [0.1, 0.15) is 27.2 Å². The second-order valence-electron chi connectivity index (χ2n) is 7.32. The first-order valence-corrected chi connectivity index (χ1v) is 13.3. The molecule has 0 aliphatic rings. The van der Waals surface area contributed by atoms with E-state index in [-0.39, 0.29) is 22.1 Å². The number of carbonyl (C=O) groups excluding carboxylic acids is 1. The molecule has 10 heteroatoms. The van der Waals surface area contributed by atoms with Gasteiger partial charge >= 0.3 is 0 Å². The maximum Gasteiger partial charge on any atom is 0.262 e. The van der Waals surface area contributed by atoms with Gasteiger partial charge in [0.05, 0.1) is 21.6 Å². The molecule has 0 unspecified atom stereocenters. The lowest BCUT2D eigenvalue weighted by atomic mass is 10.2. The number of benzene rings is 2. The number of para-hydroxylation sites is 1. The van der Waals surface area contributed by atoms with Crippen molar-refractivity contribution in [3.05, 3.63) is 58.9 Å². The van der Waals surface area contributed by atoms with Gasteiger partial charge in [-0.3, -0.25) is 14.2 Å². The number of nitrogens with zero attached hydrogens (tertiary/aromatic N) is 3. The molecule has 33 heavy (non-hydrogen) atoms. The Kier molecular flexibility index (Phi) is 8.28. The molecular formula is C23H28N4O4S2. The Balaban J connectivity index is 1.72. The summed E-state index contributed by atoms with van der Waals surface area (Å²) in [4.78, 5) is 30.1. The molecule has 176 valence electrons. The number of hydrogen-bond acceptors (Lipinski definition) is 6. The first kappa shape index (κ1) is 24.9. The lowest BCUT2D eigenvalue weighted by molar-refractivity contribution is -0.113. The molecule has 3 aromatic rings. The highest BCUT2D eigenvalue weighted by Gasteiger charge is 2.21. The van der Waals surface area contributed by atoms with Crippen LogP contribution in [0.4, 0.5) is 5.69 Å². The van der Waals surface area contributed by atoms with E-state index in [1.165, 1.54) is 28.2 Å². The number of rotatable bonds is 10. The minimum Gasteiger partial charge on any atom is -0.325 e. The van der Waals surface area contributed by atoms with Gasteiger partial charge in [-0.2, -0.15) is 4.31 Å². The van der Waals surface area contributed by atoms with Crippen LogP contribution in [0.3, 0.4) is 0 Å². The number of sulfonamides is 1. The molecule has 0 saturated carbocycles. The monoisotopic (exact) mass is 488 g/mol. The lowest BCUT2D eigenvalue weighted by Crippen LogP contribution is -2.30. The summed E-state index contributed by atoms with van der Waals surface area (Å²) in [6, 6.07) is 13.3. The van der Waals surface area contributed by atoms with Crippen molar-refractivity contribution in [1.82, 2.24) is 13.9 Å². The molecule has 2 aromatic carbocycles. The number of thioether (sulfide) groups is 1. The normalized spacial score (nSPS) is 11.8. The Labute approximate surface area is 198 Å². The fourth-order valence-corrected chi connectivity index (χ4v) is 5.71. The van der Waals surface area contributed by atoms with E-state index in [1.54, 1.807) is 48.7 Å². The van der Waals surface area contributed by atoms with Crippen molar-refractivity contribution in [2.24, 2.45) is 0 Å². The van der Waals surface area contributed by atoms with Crippen LogP contribution in [0.2, 0.25) is 0 Å². The highest BCUT2D eigenvalue weighted by Crippen LogP contribution is 2.20. The van der Waals surface area contributed by atoms with Crippen LogP contribution in [-0.2, 0) is 21.4 Å². The third-order valence-electron chi connectivity index (χ3n) is 5.09. The van der Waals surface area contributed by atoms with Gasteiger partial charge in [-0.15, -0.1) is 0 Å². The molecule has 8 nitrogen and oxygen atoms in total. The maximum absolute atomic E-state index is 12.8. The van der Waals surface area contributed by atoms with Gasteiger partial charge in [0.1, 0.15) is 0 Å². The molecule has 0 spiro atoms. The predicted molar refractivity (Wildman–Crippen MR) is 132 cm³/mol. The van der Waals surface area contributed by atoms with E-state index in [0.29, 0.717) is 41.4 Å². The average Bonchev–Trinajstić information content (AvgIpc) is 2.81. The van der Waals surface area contributed by atoms with Gasteiger partial charge < -0.3 is 5.32 Å². The molecule has 1 N–H and O–H groups in total. The van der Waals surface area contributed by atoms with Gasteiger partial charge in [-0.1, -0.05) is 44.7 Å². The Morgan fingerprint density at radius 2 is 1.73 bits per heavy atom. The minimum absolute atomic E-state index is 0.0635. The average molecular weight is 489 g/mol. The second kappa shape index (κ2) is 11.0. The van der Waals surface area contributed by atoms with Gasteiger partial charge in [-0.05, 0) is 42.8 Å². The fraction of sp³-hybridized carbons (Fsp3) is 0.348. The quantitative estimate of drug-likeness (QED) is 0.346. The number of anilines is 1. The van der Waals surface area contributed by atoms with Crippen molar-refractivity contribution in [3.63, 3.8) is 0 Å². The summed E-state index contributed by atoms with van der Waals surface area (Å²) in [5, 5.41) is 3.82. The Hall–Kier alpha value is -2.69. The number of hydrogen-bond donors (Lipinski definition) is 1. The van der Waals surface area contributed by atoms with E-state index in [0.717, 1.165) is 6.42 Å². The zero-order valence-corrected chi connectivity index (χ0v) is 20.6. The highest BCUT2D eigenvalue weighted by atomic mass is 32.2. The third kappa shape index (κ3) is 5.63. The Bertz CT molecular complexity index is 1280. The highest BCUT2D eigenvalue weighted by molar-refractivity contribution is 7.99. The van der Waals surface area contributed by atoms with Crippen LogP contribution in [0.15, 0.2) is 63.4 Å². The van der Waals surface area contributed by atoms with Crippen LogP contribution in [0.5, 0.6) is 0 Å². The SMILES string of the molecule is CCCn1c(SCC(=O)Nc2ccc(S(=O)(=O)N(CC)CC)cc2)nc2ccccc2c1=O. The molecule has 3 rings (SSSR count). The maximum atomic E-state index is 12.8. The van der Waals surface area contributed by atoms with Crippen molar-refractivity contribution >= 4 is 44.3 Å². The van der Waals surface area contributed by atoms with Gasteiger partial charge in [0.15, 0.2) is 5.16 Å². The first-order chi connectivity index (χ1) is 15.8. The minimum atomic E-state index is -3.55. The zero-order chi connectivity index (χ0) is 24.0. The Morgan fingerprint density at radius 1 is 1.06 bits per heavy atom. The number of amides is 1. The van der Waals surface area contributed by atoms with Crippen molar-refractivity contribution in [1.29, 1.82) is 0 Å². The molecule has 0 fully saturated rings. The summed E-state index contributed by atoms with van der Waals surface area (Å²) >= 11 is 1.20. The number of carbonyl (C=O) groups is 1. The molecule has 0 saturated heterocycles. The number of fused-ring (bicyclic) bond motifs is 1. The van der Waals surface area contributed by atoms with Crippen LogP contribution in [-0.4, -0.2) is 47.0 Å². The van der Waals surface area contributed by atoms with Gasteiger partial charge in [0.2, 0.25) is 15.9 Å². The van der Waals surface area contributed by atoms with Crippen molar-refractivity contribution in [2.45, 2.75) is 43.8 Å². The van der Waals surface area contributed by atoms with Crippen LogP contribution in [0, 0.1) is 0 Å².